The van der Waals surface area contributed by atoms with Crippen LogP contribution in [0.3, 0.4) is 0 Å². The molecular formula is C20H22N6O2. The SMILES string of the molecule is C=C1C(=O)N=C(n2nc(C)c(CCC(=O)Nc3cc(C)ccn3)c2C)N=C1C. The lowest BCUT2D eigenvalue weighted by molar-refractivity contribution is -0.116. The van der Waals surface area contributed by atoms with E-state index in [-0.39, 0.29) is 23.9 Å². The molecule has 0 atom stereocenters. The normalized spacial score (nSPS) is 14.0. The van der Waals surface area contributed by atoms with E-state index >= 15 is 0 Å². The number of aromatic nitrogens is 3. The van der Waals surface area contributed by atoms with Crippen LogP contribution in [0, 0.1) is 20.8 Å². The summed E-state index contributed by atoms with van der Waals surface area (Å²) in [4.78, 5) is 36.6. The first kappa shape index (κ1) is 19.3. The second-order valence-electron chi connectivity index (χ2n) is 6.72. The molecule has 8 nitrogen and oxygen atoms in total. The second-order valence-corrected chi connectivity index (χ2v) is 6.72. The van der Waals surface area contributed by atoms with Crippen molar-refractivity contribution in [1.82, 2.24) is 14.8 Å². The molecule has 0 unspecified atom stereocenters. The number of carbonyl (C=O) groups is 2. The van der Waals surface area contributed by atoms with Crippen LogP contribution in [0.25, 0.3) is 0 Å². The van der Waals surface area contributed by atoms with Gasteiger partial charge in [0.25, 0.3) is 11.9 Å². The van der Waals surface area contributed by atoms with Crippen molar-refractivity contribution in [2.24, 2.45) is 9.98 Å². The molecule has 0 bridgehead atoms. The fourth-order valence-electron chi connectivity index (χ4n) is 2.93. The number of hydrogen-bond donors (Lipinski definition) is 1. The summed E-state index contributed by atoms with van der Waals surface area (Å²) in [5.74, 6) is 0.214. The molecule has 144 valence electrons. The molecule has 0 radical (unpaired) electrons. The van der Waals surface area contributed by atoms with Gasteiger partial charge in [-0.05, 0) is 57.4 Å². The number of nitrogens with one attached hydrogen (secondary N) is 1. The number of aliphatic imine (C=N–C) groups is 2. The Morgan fingerprint density at radius 1 is 1.21 bits per heavy atom. The van der Waals surface area contributed by atoms with Crippen LogP contribution in [0.1, 0.15) is 35.9 Å². The highest BCUT2D eigenvalue weighted by Crippen LogP contribution is 2.18. The first-order chi connectivity index (χ1) is 13.3. The van der Waals surface area contributed by atoms with E-state index in [2.05, 4.69) is 32.0 Å². The average molecular weight is 378 g/mol. The lowest BCUT2D eigenvalue weighted by atomic mass is 10.1. The summed E-state index contributed by atoms with van der Waals surface area (Å²) in [6.07, 6.45) is 2.45. The molecule has 0 saturated carbocycles. The number of anilines is 1. The van der Waals surface area contributed by atoms with Crippen molar-refractivity contribution in [1.29, 1.82) is 0 Å². The third-order valence-electron chi connectivity index (χ3n) is 4.58. The first-order valence-corrected chi connectivity index (χ1v) is 8.92. The van der Waals surface area contributed by atoms with Gasteiger partial charge in [-0.25, -0.2) is 14.7 Å². The molecule has 3 rings (SSSR count). The van der Waals surface area contributed by atoms with Gasteiger partial charge < -0.3 is 5.32 Å². The number of nitrogens with zero attached hydrogens (tertiary/aromatic N) is 5. The van der Waals surface area contributed by atoms with E-state index in [9.17, 15) is 9.59 Å². The van der Waals surface area contributed by atoms with E-state index in [0.717, 1.165) is 22.5 Å². The van der Waals surface area contributed by atoms with Gasteiger partial charge in [0.05, 0.1) is 17.0 Å². The van der Waals surface area contributed by atoms with Crippen molar-refractivity contribution in [3.8, 4) is 0 Å². The number of rotatable bonds is 4. The summed E-state index contributed by atoms with van der Waals surface area (Å²) in [5, 5.41) is 7.26. The average Bonchev–Trinajstić information content (AvgIpc) is 2.91. The van der Waals surface area contributed by atoms with Crippen molar-refractivity contribution < 1.29 is 9.59 Å². The maximum Gasteiger partial charge on any atom is 0.281 e. The van der Waals surface area contributed by atoms with Crippen LogP contribution in [-0.2, 0) is 16.0 Å². The van der Waals surface area contributed by atoms with Crippen molar-refractivity contribution in [3.63, 3.8) is 0 Å². The number of carbonyl (C=O) groups excluding carboxylic acids is 2. The Morgan fingerprint density at radius 2 is 1.96 bits per heavy atom. The summed E-state index contributed by atoms with van der Waals surface area (Å²) in [7, 11) is 0. The van der Waals surface area contributed by atoms with E-state index in [1.54, 1.807) is 17.8 Å². The maximum atomic E-state index is 12.3. The molecule has 0 spiro atoms. The second kappa shape index (κ2) is 7.67. The highest BCUT2D eigenvalue weighted by atomic mass is 16.2. The molecular weight excluding hydrogens is 356 g/mol. The van der Waals surface area contributed by atoms with E-state index < -0.39 is 5.91 Å². The Labute approximate surface area is 163 Å². The van der Waals surface area contributed by atoms with Gasteiger partial charge in [0.1, 0.15) is 5.82 Å². The topological polar surface area (TPSA) is 102 Å². The number of hydrogen-bond acceptors (Lipinski definition) is 5. The lowest BCUT2D eigenvalue weighted by Crippen LogP contribution is -2.23. The third kappa shape index (κ3) is 3.95. The molecule has 0 aliphatic carbocycles. The van der Waals surface area contributed by atoms with Gasteiger partial charge in [-0.2, -0.15) is 10.1 Å². The summed E-state index contributed by atoms with van der Waals surface area (Å²) in [6, 6.07) is 3.69. The van der Waals surface area contributed by atoms with E-state index in [1.165, 1.54) is 0 Å². The molecule has 2 aromatic rings. The standard InChI is InChI=1S/C20H22N6O2/c1-11-8-9-21-17(10-11)23-18(27)7-6-16-14(4)25-26(15(16)5)20-22-13(3)12(2)19(28)24-20/h8-10H,2,6-7H2,1,3-5H3,(H,21,23,27). The fourth-order valence-corrected chi connectivity index (χ4v) is 2.93. The summed E-state index contributed by atoms with van der Waals surface area (Å²) >= 11 is 0. The molecule has 0 aromatic carbocycles. The zero-order valence-corrected chi connectivity index (χ0v) is 16.4. The predicted molar refractivity (Wildman–Crippen MR) is 108 cm³/mol. The Balaban J connectivity index is 1.74. The minimum absolute atomic E-state index is 0.125. The monoisotopic (exact) mass is 378 g/mol. The molecule has 1 aliphatic rings. The molecule has 1 N–H and O–H groups in total. The lowest BCUT2D eigenvalue weighted by Gasteiger charge is -2.11. The van der Waals surface area contributed by atoms with Gasteiger partial charge >= 0.3 is 0 Å². The molecule has 1 aliphatic heterocycles. The molecule has 0 fully saturated rings. The highest BCUT2D eigenvalue weighted by molar-refractivity contribution is 6.27. The van der Waals surface area contributed by atoms with Crippen LogP contribution in [0.4, 0.5) is 5.82 Å². The van der Waals surface area contributed by atoms with E-state index in [1.807, 2.05) is 32.9 Å². The first-order valence-electron chi connectivity index (χ1n) is 8.92. The number of pyridine rings is 1. The summed E-state index contributed by atoms with van der Waals surface area (Å²) < 4.78 is 1.54. The molecule has 3 heterocycles. The Bertz CT molecular complexity index is 1040. The number of amides is 2. The molecule has 0 saturated heterocycles. The smallest absolute Gasteiger partial charge is 0.281 e. The van der Waals surface area contributed by atoms with Gasteiger partial charge in [-0.1, -0.05) is 6.58 Å². The quantitative estimate of drug-likeness (QED) is 0.826. The van der Waals surface area contributed by atoms with Crippen molar-refractivity contribution in [2.45, 2.75) is 40.5 Å². The van der Waals surface area contributed by atoms with Crippen LogP contribution in [0.15, 0.2) is 40.5 Å². The predicted octanol–water partition coefficient (Wildman–Crippen LogP) is 2.54. The fraction of sp³-hybridized carbons (Fsp3) is 0.300. The molecule has 2 aromatic heterocycles. The maximum absolute atomic E-state index is 12.3. The van der Waals surface area contributed by atoms with Crippen LogP contribution in [0.2, 0.25) is 0 Å². The third-order valence-corrected chi connectivity index (χ3v) is 4.58. The van der Waals surface area contributed by atoms with Crippen LogP contribution in [0.5, 0.6) is 0 Å². The minimum Gasteiger partial charge on any atom is -0.311 e. The largest absolute Gasteiger partial charge is 0.311 e. The Kier molecular flexibility index (Phi) is 5.30. The van der Waals surface area contributed by atoms with Crippen LogP contribution < -0.4 is 5.32 Å². The van der Waals surface area contributed by atoms with Crippen LogP contribution in [-0.4, -0.2) is 38.3 Å². The zero-order valence-electron chi connectivity index (χ0n) is 16.4. The van der Waals surface area contributed by atoms with Crippen molar-refractivity contribution >= 4 is 29.3 Å². The minimum atomic E-state index is -0.415. The highest BCUT2D eigenvalue weighted by Gasteiger charge is 2.22. The van der Waals surface area contributed by atoms with Gasteiger partial charge in [0.2, 0.25) is 5.91 Å². The van der Waals surface area contributed by atoms with Gasteiger partial charge in [-0.15, -0.1) is 0 Å². The summed E-state index contributed by atoms with van der Waals surface area (Å²) in [6.45, 7) is 11.1. The van der Waals surface area contributed by atoms with E-state index in [4.69, 9.17) is 0 Å². The van der Waals surface area contributed by atoms with Crippen LogP contribution >= 0.6 is 0 Å². The van der Waals surface area contributed by atoms with Gasteiger partial charge in [0.15, 0.2) is 0 Å². The zero-order chi connectivity index (χ0) is 20.4. The Morgan fingerprint density at radius 3 is 2.64 bits per heavy atom. The number of aryl methyl sites for hydroxylation is 2. The molecule has 8 heteroatoms. The van der Waals surface area contributed by atoms with Crippen molar-refractivity contribution in [3.05, 3.63) is 53.0 Å². The Hall–Kier alpha value is -3.42. The van der Waals surface area contributed by atoms with Gasteiger partial charge in [0, 0.05) is 18.3 Å². The summed E-state index contributed by atoms with van der Waals surface area (Å²) in [5.41, 5.74) is 4.33. The molecule has 28 heavy (non-hydrogen) atoms. The van der Waals surface area contributed by atoms with Crippen molar-refractivity contribution in [2.75, 3.05) is 5.32 Å². The van der Waals surface area contributed by atoms with E-state index in [0.29, 0.717) is 18.0 Å². The molecule has 2 amide bonds. The van der Waals surface area contributed by atoms with Gasteiger partial charge in [-0.3, -0.25) is 9.59 Å².